The molecule has 1 unspecified atom stereocenters. The Labute approximate surface area is 152 Å². The number of amides is 1. The highest BCUT2D eigenvalue weighted by Gasteiger charge is 2.17. The normalized spacial score (nSPS) is 16.2. The topological polar surface area (TPSA) is 44.4 Å². The lowest BCUT2D eigenvalue weighted by atomic mass is 10.1. The summed E-state index contributed by atoms with van der Waals surface area (Å²) in [5.41, 5.74) is 2.53. The maximum atomic E-state index is 11.9. The SMILES string of the molecule is CCN(CCNC(=O)CC1CCCN1)c1ccccc1C.Cl.Cl. The van der Waals surface area contributed by atoms with Gasteiger partial charge in [-0.25, -0.2) is 0 Å². The molecule has 0 radical (unpaired) electrons. The van der Waals surface area contributed by atoms with E-state index in [9.17, 15) is 4.79 Å². The molecule has 1 saturated heterocycles. The Morgan fingerprint density at radius 1 is 1.35 bits per heavy atom. The number of nitrogens with zero attached hydrogens (tertiary/aromatic N) is 1. The van der Waals surface area contributed by atoms with Gasteiger partial charge in [0.2, 0.25) is 5.91 Å². The molecule has 2 N–H and O–H groups in total. The van der Waals surface area contributed by atoms with Crippen LogP contribution in [0.3, 0.4) is 0 Å². The average Bonchev–Trinajstić information content (AvgIpc) is 2.97. The predicted octanol–water partition coefficient (Wildman–Crippen LogP) is 2.92. The van der Waals surface area contributed by atoms with Gasteiger partial charge in [0.25, 0.3) is 0 Å². The molecule has 0 aromatic heterocycles. The third-order valence-corrected chi connectivity index (χ3v) is 4.14. The van der Waals surface area contributed by atoms with E-state index in [1.54, 1.807) is 0 Å². The van der Waals surface area contributed by atoms with Gasteiger partial charge in [-0.1, -0.05) is 18.2 Å². The maximum absolute atomic E-state index is 11.9. The summed E-state index contributed by atoms with van der Waals surface area (Å²) < 4.78 is 0. The van der Waals surface area contributed by atoms with E-state index in [-0.39, 0.29) is 30.7 Å². The van der Waals surface area contributed by atoms with Crippen molar-refractivity contribution in [3.05, 3.63) is 29.8 Å². The van der Waals surface area contributed by atoms with Crippen LogP contribution in [0.1, 0.15) is 31.7 Å². The van der Waals surface area contributed by atoms with Gasteiger partial charge in [0.1, 0.15) is 0 Å². The van der Waals surface area contributed by atoms with E-state index in [0.29, 0.717) is 19.0 Å². The molecule has 0 aliphatic carbocycles. The van der Waals surface area contributed by atoms with Gasteiger partial charge >= 0.3 is 0 Å². The van der Waals surface area contributed by atoms with E-state index in [1.165, 1.54) is 17.7 Å². The number of para-hydroxylation sites is 1. The molecule has 23 heavy (non-hydrogen) atoms. The summed E-state index contributed by atoms with van der Waals surface area (Å²) in [4.78, 5) is 14.2. The van der Waals surface area contributed by atoms with Gasteiger partial charge in [0, 0.05) is 37.8 Å². The second-order valence-electron chi connectivity index (χ2n) is 5.71. The highest BCUT2D eigenvalue weighted by molar-refractivity contribution is 5.85. The van der Waals surface area contributed by atoms with Gasteiger partial charge in [-0.05, 0) is 44.9 Å². The largest absolute Gasteiger partial charge is 0.370 e. The minimum Gasteiger partial charge on any atom is -0.370 e. The maximum Gasteiger partial charge on any atom is 0.221 e. The number of carbonyl (C=O) groups excluding carboxylic acids is 1. The molecular formula is C17H29Cl2N3O. The standard InChI is InChI=1S/C17H27N3O.2ClH/c1-3-20(16-9-5-4-7-14(16)2)12-11-19-17(21)13-15-8-6-10-18-15;;/h4-5,7,9,15,18H,3,6,8,10-13H2,1-2H3,(H,19,21);2*1H. The van der Waals surface area contributed by atoms with Gasteiger partial charge in [-0.3, -0.25) is 4.79 Å². The van der Waals surface area contributed by atoms with Crippen molar-refractivity contribution < 1.29 is 4.79 Å². The number of aryl methyl sites for hydroxylation is 1. The number of halogens is 2. The van der Waals surface area contributed by atoms with E-state index in [2.05, 4.69) is 53.6 Å². The Balaban J connectivity index is 0.00000242. The third-order valence-electron chi connectivity index (χ3n) is 4.14. The lowest BCUT2D eigenvalue weighted by molar-refractivity contribution is -0.121. The minimum absolute atomic E-state index is 0. The van der Waals surface area contributed by atoms with Crippen LogP contribution >= 0.6 is 24.8 Å². The fraction of sp³-hybridized carbons (Fsp3) is 0.588. The van der Waals surface area contributed by atoms with Crippen molar-refractivity contribution in [3.63, 3.8) is 0 Å². The number of hydrogen-bond acceptors (Lipinski definition) is 3. The molecular weight excluding hydrogens is 333 g/mol. The molecule has 0 bridgehead atoms. The zero-order valence-corrected chi connectivity index (χ0v) is 15.6. The molecule has 1 atom stereocenters. The molecule has 1 heterocycles. The molecule has 1 aliphatic heterocycles. The van der Waals surface area contributed by atoms with Crippen molar-refractivity contribution in [2.45, 2.75) is 39.2 Å². The Bertz CT molecular complexity index is 465. The zero-order valence-electron chi connectivity index (χ0n) is 14.0. The number of nitrogens with one attached hydrogen (secondary N) is 2. The monoisotopic (exact) mass is 361 g/mol. The molecule has 0 saturated carbocycles. The fourth-order valence-electron chi connectivity index (χ4n) is 2.92. The predicted molar refractivity (Wildman–Crippen MR) is 102 cm³/mol. The summed E-state index contributed by atoms with van der Waals surface area (Å²) in [7, 11) is 0. The second kappa shape index (κ2) is 11.5. The number of hydrogen-bond donors (Lipinski definition) is 2. The van der Waals surface area contributed by atoms with Crippen molar-refractivity contribution in [1.82, 2.24) is 10.6 Å². The summed E-state index contributed by atoms with van der Waals surface area (Å²) in [6.45, 7) is 7.83. The number of anilines is 1. The fourth-order valence-corrected chi connectivity index (χ4v) is 2.92. The van der Waals surface area contributed by atoms with Crippen LogP contribution in [0.2, 0.25) is 0 Å². The summed E-state index contributed by atoms with van der Waals surface area (Å²) in [5.74, 6) is 0.162. The molecule has 132 valence electrons. The number of rotatable bonds is 7. The molecule has 1 aromatic carbocycles. The van der Waals surface area contributed by atoms with Gasteiger partial charge < -0.3 is 15.5 Å². The van der Waals surface area contributed by atoms with Crippen LogP contribution in [-0.4, -0.2) is 38.1 Å². The third kappa shape index (κ3) is 6.98. The Morgan fingerprint density at radius 2 is 2.09 bits per heavy atom. The first-order valence-corrected chi connectivity index (χ1v) is 8.01. The highest BCUT2D eigenvalue weighted by Crippen LogP contribution is 2.18. The second-order valence-corrected chi connectivity index (χ2v) is 5.71. The van der Waals surface area contributed by atoms with Crippen LogP contribution in [0.25, 0.3) is 0 Å². The molecule has 4 nitrogen and oxygen atoms in total. The summed E-state index contributed by atoms with van der Waals surface area (Å²) in [6.07, 6.45) is 2.92. The van der Waals surface area contributed by atoms with E-state index in [1.807, 2.05) is 0 Å². The lowest BCUT2D eigenvalue weighted by Crippen LogP contribution is -2.37. The Kier molecular flexibility index (Phi) is 11.1. The highest BCUT2D eigenvalue weighted by atomic mass is 35.5. The van der Waals surface area contributed by atoms with E-state index >= 15 is 0 Å². The summed E-state index contributed by atoms with van der Waals surface area (Å²) >= 11 is 0. The molecule has 2 rings (SSSR count). The van der Waals surface area contributed by atoms with Crippen LogP contribution in [0.4, 0.5) is 5.69 Å². The molecule has 0 spiro atoms. The molecule has 1 fully saturated rings. The first-order valence-electron chi connectivity index (χ1n) is 8.01. The molecule has 1 amide bonds. The van der Waals surface area contributed by atoms with E-state index in [4.69, 9.17) is 0 Å². The van der Waals surface area contributed by atoms with Gasteiger partial charge in [-0.2, -0.15) is 0 Å². The van der Waals surface area contributed by atoms with E-state index < -0.39 is 0 Å². The van der Waals surface area contributed by atoms with Gasteiger partial charge in [-0.15, -0.1) is 24.8 Å². The van der Waals surface area contributed by atoms with Gasteiger partial charge in [0.05, 0.1) is 0 Å². The van der Waals surface area contributed by atoms with Crippen LogP contribution in [-0.2, 0) is 4.79 Å². The van der Waals surface area contributed by atoms with Crippen LogP contribution in [0.5, 0.6) is 0 Å². The lowest BCUT2D eigenvalue weighted by Gasteiger charge is -2.25. The van der Waals surface area contributed by atoms with Crippen molar-refractivity contribution in [1.29, 1.82) is 0 Å². The van der Waals surface area contributed by atoms with Crippen LogP contribution in [0, 0.1) is 6.92 Å². The molecule has 1 aromatic rings. The first-order chi connectivity index (χ1) is 10.2. The Hall–Kier alpha value is -0.970. The smallest absolute Gasteiger partial charge is 0.221 e. The molecule has 1 aliphatic rings. The number of benzene rings is 1. The van der Waals surface area contributed by atoms with Crippen molar-refractivity contribution in [3.8, 4) is 0 Å². The minimum atomic E-state index is 0. The van der Waals surface area contributed by atoms with Crippen molar-refractivity contribution in [2.75, 3.05) is 31.1 Å². The van der Waals surface area contributed by atoms with Crippen LogP contribution < -0.4 is 15.5 Å². The van der Waals surface area contributed by atoms with Gasteiger partial charge in [0.15, 0.2) is 0 Å². The van der Waals surface area contributed by atoms with Crippen LogP contribution in [0.15, 0.2) is 24.3 Å². The number of likely N-dealkylation sites (N-methyl/N-ethyl adjacent to an activating group) is 1. The summed E-state index contributed by atoms with van der Waals surface area (Å²) in [6, 6.07) is 8.77. The number of carbonyl (C=O) groups is 1. The van der Waals surface area contributed by atoms with Crippen molar-refractivity contribution >= 4 is 36.4 Å². The summed E-state index contributed by atoms with van der Waals surface area (Å²) in [5, 5.41) is 6.40. The van der Waals surface area contributed by atoms with E-state index in [0.717, 1.165) is 26.1 Å². The average molecular weight is 362 g/mol. The zero-order chi connectivity index (χ0) is 15.1. The quantitative estimate of drug-likeness (QED) is 0.784. The first kappa shape index (κ1) is 22.0. The Morgan fingerprint density at radius 3 is 2.70 bits per heavy atom. The van der Waals surface area contributed by atoms with Crippen molar-refractivity contribution in [2.24, 2.45) is 0 Å². The molecule has 6 heteroatoms.